The fourth-order valence-electron chi connectivity index (χ4n) is 3.21. The van der Waals surface area contributed by atoms with E-state index in [-0.39, 0.29) is 24.3 Å². The van der Waals surface area contributed by atoms with Crippen molar-refractivity contribution in [3.05, 3.63) is 71.3 Å². The fourth-order valence-corrected chi connectivity index (χ4v) is 3.21. The molecule has 2 amide bonds. The van der Waals surface area contributed by atoms with Crippen molar-refractivity contribution in [2.75, 3.05) is 13.1 Å². The third-order valence-electron chi connectivity index (χ3n) is 4.85. The van der Waals surface area contributed by atoms with Crippen LogP contribution >= 0.6 is 0 Å². The topological polar surface area (TPSA) is 61.4 Å². The molecule has 0 bridgehead atoms. The molecule has 5 heteroatoms. The predicted molar refractivity (Wildman–Crippen MR) is 113 cm³/mol. The van der Waals surface area contributed by atoms with Crippen LogP contribution in [-0.2, 0) is 22.7 Å². The van der Waals surface area contributed by atoms with Gasteiger partial charge in [0.05, 0.1) is 12.5 Å². The smallest absolute Gasteiger partial charge is 0.222 e. The van der Waals surface area contributed by atoms with Crippen LogP contribution in [0.1, 0.15) is 49.9 Å². The highest BCUT2D eigenvalue weighted by Gasteiger charge is 2.17. The number of carbonyl (C=O) groups is 2. The SMILES string of the molecule is CCN(CC)Cc1ccccc1CNC(=O)CC(NC(C)=O)c1ccccc1. The highest BCUT2D eigenvalue weighted by Crippen LogP contribution is 2.17. The number of hydrogen-bond acceptors (Lipinski definition) is 3. The molecule has 0 aliphatic heterocycles. The average molecular weight is 382 g/mol. The Morgan fingerprint density at radius 1 is 0.929 bits per heavy atom. The van der Waals surface area contributed by atoms with Gasteiger partial charge in [0, 0.05) is 20.0 Å². The summed E-state index contributed by atoms with van der Waals surface area (Å²) in [5.41, 5.74) is 3.28. The van der Waals surface area contributed by atoms with Crippen LogP contribution in [0.25, 0.3) is 0 Å². The van der Waals surface area contributed by atoms with E-state index in [1.54, 1.807) is 0 Å². The summed E-state index contributed by atoms with van der Waals surface area (Å²) in [6.07, 6.45) is 0.210. The molecule has 0 spiro atoms. The summed E-state index contributed by atoms with van der Waals surface area (Å²) in [7, 11) is 0. The van der Waals surface area contributed by atoms with Crippen LogP contribution < -0.4 is 10.6 Å². The van der Waals surface area contributed by atoms with Gasteiger partial charge in [-0.2, -0.15) is 0 Å². The van der Waals surface area contributed by atoms with Gasteiger partial charge in [-0.15, -0.1) is 0 Å². The minimum Gasteiger partial charge on any atom is -0.352 e. The molecule has 150 valence electrons. The molecule has 5 nitrogen and oxygen atoms in total. The molecule has 1 unspecified atom stereocenters. The molecule has 28 heavy (non-hydrogen) atoms. The van der Waals surface area contributed by atoms with Crippen LogP contribution in [0.3, 0.4) is 0 Å². The van der Waals surface area contributed by atoms with Crippen molar-refractivity contribution in [3.8, 4) is 0 Å². The normalized spacial score (nSPS) is 11.9. The molecule has 0 saturated heterocycles. The summed E-state index contributed by atoms with van der Waals surface area (Å²) >= 11 is 0. The van der Waals surface area contributed by atoms with Crippen molar-refractivity contribution < 1.29 is 9.59 Å². The van der Waals surface area contributed by atoms with Gasteiger partial charge in [0.2, 0.25) is 11.8 Å². The van der Waals surface area contributed by atoms with Crippen molar-refractivity contribution in [2.45, 2.75) is 46.3 Å². The number of hydrogen-bond donors (Lipinski definition) is 2. The van der Waals surface area contributed by atoms with Gasteiger partial charge in [-0.25, -0.2) is 0 Å². The lowest BCUT2D eigenvalue weighted by Gasteiger charge is -2.21. The molecule has 0 saturated carbocycles. The van der Waals surface area contributed by atoms with E-state index in [0.29, 0.717) is 6.54 Å². The van der Waals surface area contributed by atoms with Crippen molar-refractivity contribution in [1.82, 2.24) is 15.5 Å². The summed E-state index contributed by atoms with van der Waals surface area (Å²) in [5.74, 6) is -0.230. The largest absolute Gasteiger partial charge is 0.352 e. The molecular formula is C23H31N3O2. The molecular weight excluding hydrogens is 350 g/mol. The monoisotopic (exact) mass is 381 g/mol. The number of amides is 2. The number of nitrogens with zero attached hydrogens (tertiary/aromatic N) is 1. The Balaban J connectivity index is 2.00. The highest BCUT2D eigenvalue weighted by atomic mass is 16.2. The van der Waals surface area contributed by atoms with E-state index >= 15 is 0 Å². The summed E-state index contributed by atoms with van der Waals surface area (Å²) in [6, 6.07) is 17.5. The first kappa shape index (κ1) is 21.6. The van der Waals surface area contributed by atoms with Gasteiger partial charge >= 0.3 is 0 Å². The second-order valence-corrected chi connectivity index (χ2v) is 6.87. The number of nitrogens with one attached hydrogen (secondary N) is 2. The standard InChI is InChI=1S/C23H31N3O2/c1-4-26(5-2)17-21-14-10-9-13-20(21)16-24-23(28)15-22(25-18(3)27)19-11-7-6-8-12-19/h6-14,22H,4-5,15-17H2,1-3H3,(H,24,28)(H,25,27). The zero-order chi connectivity index (χ0) is 20.4. The molecule has 0 heterocycles. The lowest BCUT2D eigenvalue weighted by molar-refractivity contribution is -0.122. The maximum Gasteiger partial charge on any atom is 0.222 e. The highest BCUT2D eigenvalue weighted by molar-refractivity contribution is 5.79. The van der Waals surface area contributed by atoms with Gasteiger partial charge in [-0.1, -0.05) is 68.4 Å². The fraction of sp³-hybridized carbons (Fsp3) is 0.391. The Bertz CT molecular complexity index is 757. The minimum atomic E-state index is -0.329. The Labute approximate surface area is 168 Å². The van der Waals surface area contributed by atoms with Crippen molar-refractivity contribution in [1.29, 1.82) is 0 Å². The second kappa shape index (κ2) is 11.2. The molecule has 2 aromatic rings. The van der Waals surface area contributed by atoms with E-state index < -0.39 is 0 Å². The number of carbonyl (C=O) groups excluding carboxylic acids is 2. The number of benzene rings is 2. The molecule has 0 radical (unpaired) electrons. The lowest BCUT2D eigenvalue weighted by Crippen LogP contribution is -2.32. The maximum absolute atomic E-state index is 12.6. The van der Waals surface area contributed by atoms with Crippen LogP contribution in [-0.4, -0.2) is 29.8 Å². The van der Waals surface area contributed by atoms with Gasteiger partial charge in [-0.05, 0) is 29.8 Å². The minimum absolute atomic E-state index is 0.0831. The van der Waals surface area contributed by atoms with E-state index in [1.165, 1.54) is 12.5 Å². The summed E-state index contributed by atoms with van der Waals surface area (Å²) in [6.45, 7) is 9.12. The summed E-state index contributed by atoms with van der Waals surface area (Å²) in [4.78, 5) is 26.4. The van der Waals surface area contributed by atoms with E-state index in [0.717, 1.165) is 30.8 Å². The Kier molecular flexibility index (Phi) is 8.69. The number of rotatable bonds is 10. The third kappa shape index (κ3) is 6.82. The molecule has 1 atom stereocenters. The zero-order valence-corrected chi connectivity index (χ0v) is 17.1. The third-order valence-corrected chi connectivity index (χ3v) is 4.85. The van der Waals surface area contributed by atoms with Crippen molar-refractivity contribution >= 4 is 11.8 Å². The molecule has 2 aromatic carbocycles. The van der Waals surface area contributed by atoms with E-state index in [2.05, 4.69) is 41.5 Å². The molecule has 2 N–H and O–H groups in total. The quantitative estimate of drug-likeness (QED) is 0.663. The van der Waals surface area contributed by atoms with Gasteiger partial charge in [0.1, 0.15) is 0 Å². The van der Waals surface area contributed by atoms with E-state index in [4.69, 9.17) is 0 Å². The first-order valence-electron chi connectivity index (χ1n) is 9.91. The van der Waals surface area contributed by atoms with Crippen LogP contribution in [0.2, 0.25) is 0 Å². The first-order valence-corrected chi connectivity index (χ1v) is 9.91. The molecule has 0 aliphatic carbocycles. The van der Waals surface area contributed by atoms with Crippen molar-refractivity contribution in [3.63, 3.8) is 0 Å². The van der Waals surface area contributed by atoms with Gasteiger partial charge in [0.15, 0.2) is 0 Å². The summed E-state index contributed by atoms with van der Waals surface area (Å²) in [5, 5.41) is 5.88. The first-order chi connectivity index (χ1) is 13.5. The average Bonchev–Trinajstić information content (AvgIpc) is 2.71. The van der Waals surface area contributed by atoms with Gasteiger partial charge in [-0.3, -0.25) is 14.5 Å². The Morgan fingerprint density at radius 3 is 2.14 bits per heavy atom. The molecule has 0 aromatic heterocycles. The van der Waals surface area contributed by atoms with Gasteiger partial charge < -0.3 is 10.6 Å². The second-order valence-electron chi connectivity index (χ2n) is 6.87. The summed E-state index contributed by atoms with van der Waals surface area (Å²) < 4.78 is 0. The van der Waals surface area contributed by atoms with Crippen LogP contribution in [0.4, 0.5) is 0 Å². The van der Waals surface area contributed by atoms with Gasteiger partial charge in [0.25, 0.3) is 0 Å². The van der Waals surface area contributed by atoms with E-state index in [9.17, 15) is 9.59 Å². The molecule has 0 aliphatic rings. The van der Waals surface area contributed by atoms with Crippen LogP contribution in [0.15, 0.2) is 54.6 Å². The van der Waals surface area contributed by atoms with Crippen LogP contribution in [0.5, 0.6) is 0 Å². The predicted octanol–water partition coefficient (Wildman–Crippen LogP) is 3.41. The lowest BCUT2D eigenvalue weighted by atomic mass is 10.0. The Morgan fingerprint density at radius 2 is 1.54 bits per heavy atom. The van der Waals surface area contributed by atoms with E-state index in [1.807, 2.05) is 42.5 Å². The molecule has 2 rings (SSSR count). The van der Waals surface area contributed by atoms with Crippen molar-refractivity contribution in [2.24, 2.45) is 0 Å². The zero-order valence-electron chi connectivity index (χ0n) is 17.1. The van der Waals surface area contributed by atoms with Crippen LogP contribution in [0, 0.1) is 0 Å². The Hall–Kier alpha value is -2.66. The molecule has 0 fully saturated rings. The maximum atomic E-state index is 12.6.